The lowest BCUT2D eigenvalue weighted by Gasteiger charge is -2.04. The monoisotopic (exact) mass is 399 g/mol. The second kappa shape index (κ2) is 6.06. The molecule has 2 heterocycles. The van der Waals surface area contributed by atoms with E-state index in [1.807, 2.05) is 12.1 Å². The molecule has 0 saturated carbocycles. The molecular formula is C17H10BrN3O4. The minimum Gasteiger partial charge on any atom is -0.451 e. The Labute approximate surface area is 148 Å². The van der Waals surface area contributed by atoms with Crippen molar-refractivity contribution < 1.29 is 13.7 Å². The highest BCUT2D eigenvalue weighted by atomic mass is 79.9. The molecule has 0 aliphatic rings. The van der Waals surface area contributed by atoms with Crippen LogP contribution in [0, 0.1) is 0 Å². The maximum Gasteiger partial charge on any atom is 0.439 e. The van der Waals surface area contributed by atoms with Gasteiger partial charge in [-0.15, -0.1) is 0 Å². The topological polar surface area (TPSA) is 101 Å². The van der Waals surface area contributed by atoms with Crippen molar-refractivity contribution in [2.45, 2.75) is 0 Å². The van der Waals surface area contributed by atoms with Gasteiger partial charge in [0.1, 0.15) is 5.58 Å². The Morgan fingerprint density at radius 2 is 2.04 bits per heavy atom. The third kappa shape index (κ3) is 3.11. The first kappa shape index (κ1) is 15.4. The average Bonchev–Trinajstić information content (AvgIpc) is 3.21. The predicted molar refractivity (Wildman–Crippen MR) is 94.4 cm³/mol. The van der Waals surface area contributed by atoms with Crippen LogP contribution in [0.4, 0.5) is 5.69 Å². The fraction of sp³-hybridized carbons (Fsp3) is 0. The molecule has 2 aromatic heterocycles. The molecule has 0 fully saturated rings. The third-order valence-electron chi connectivity index (χ3n) is 3.54. The van der Waals surface area contributed by atoms with E-state index in [0.29, 0.717) is 16.8 Å². The van der Waals surface area contributed by atoms with Gasteiger partial charge in [-0.3, -0.25) is 14.3 Å². The van der Waals surface area contributed by atoms with E-state index in [0.717, 1.165) is 9.86 Å². The first-order valence-electron chi connectivity index (χ1n) is 7.25. The molecule has 0 radical (unpaired) electrons. The van der Waals surface area contributed by atoms with E-state index in [4.69, 9.17) is 4.42 Å². The predicted octanol–water partition coefficient (Wildman–Crippen LogP) is 3.79. The van der Waals surface area contributed by atoms with Gasteiger partial charge >= 0.3 is 5.76 Å². The highest BCUT2D eigenvalue weighted by Crippen LogP contribution is 2.24. The fourth-order valence-electron chi connectivity index (χ4n) is 2.42. The molecule has 0 atom stereocenters. The van der Waals surface area contributed by atoms with Crippen LogP contribution < -0.4 is 11.1 Å². The standard InChI is InChI=1S/C17H10BrN3O4/c18-11-4-5-13-10(6-11)8-14(24-13)16(22)19-12-3-1-2-9(7-12)15-20-17(23)25-21-15/h1-8H,(H,19,22)(H,20,21,23). The number of aromatic nitrogens is 2. The van der Waals surface area contributed by atoms with Crippen LogP contribution in [-0.4, -0.2) is 16.0 Å². The molecule has 1 amide bonds. The summed E-state index contributed by atoms with van der Waals surface area (Å²) in [6.07, 6.45) is 0. The number of nitrogens with zero attached hydrogens (tertiary/aromatic N) is 1. The maximum atomic E-state index is 12.4. The number of nitrogens with one attached hydrogen (secondary N) is 2. The normalized spacial score (nSPS) is 10.9. The second-order valence-corrected chi connectivity index (χ2v) is 6.19. The highest BCUT2D eigenvalue weighted by molar-refractivity contribution is 9.10. The van der Waals surface area contributed by atoms with Crippen LogP contribution in [0.5, 0.6) is 0 Å². The van der Waals surface area contributed by atoms with E-state index >= 15 is 0 Å². The number of furan rings is 1. The summed E-state index contributed by atoms with van der Waals surface area (Å²) in [4.78, 5) is 25.9. The van der Waals surface area contributed by atoms with Crippen molar-refractivity contribution in [3.8, 4) is 11.4 Å². The summed E-state index contributed by atoms with van der Waals surface area (Å²) in [7, 11) is 0. The van der Waals surface area contributed by atoms with Crippen molar-refractivity contribution in [2.24, 2.45) is 0 Å². The number of anilines is 1. The summed E-state index contributed by atoms with van der Waals surface area (Å²) in [6.45, 7) is 0. The molecule has 0 bridgehead atoms. The molecule has 7 nitrogen and oxygen atoms in total. The molecule has 0 spiro atoms. The van der Waals surface area contributed by atoms with Crippen molar-refractivity contribution in [2.75, 3.05) is 5.32 Å². The zero-order valence-electron chi connectivity index (χ0n) is 12.6. The second-order valence-electron chi connectivity index (χ2n) is 5.27. The highest BCUT2D eigenvalue weighted by Gasteiger charge is 2.13. The number of carbonyl (C=O) groups excluding carboxylic acids is 1. The Balaban J connectivity index is 1.60. The number of H-pyrrole nitrogens is 1. The van der Waals surface area contributed by atoms with Crippen molar-refractivity contribution in [3.05, 3.63) is 69.3 Å². The quantitative estimate of drug-likeness (QED) is 0.545. The molecule has 8 heteroatoms. The number of benzene rings is 2. The summed E-state index contributed by atoms with van der Waals surface area (Å²) >= 11 is 3.38. The van der Waals surface area contributed by atoms with Crippen LogP contribution >= 0.6 is 15.9 Å². The van der Waals surface area contributed by atoms with Crippen molar-refractivity contribution in [1.29, 1.82) is 0 Å². The van der Waals surface area contributed by atoms with E-state index in [9.17, 15) is 9.59 Å². The molecule has 0 unspecified atom stereocenters. The number of carbonyl (C=O) groups is 1. The van der Waals surface area contributed by atoms with Gasteiger partial charge in [-0.25, -0.2) is 4.79 Å². The molecule has 2 aromatic carbocycles. The van der Waals surface area contributed by atoms with Crippen LogP contribution in [-0.2, 0) is 0 Å². The summed E-state index contributed by atoms with van der Waals surface area (Å²) in [5.41, 5.74) is 1.77. The van der Waals surface area contributed by atoms with Gasteiger partial charge in [-0.1, -0.05) is 33.2 Å². The Morgan fingerprint density at radius 3 is 2.84 bits per heavy atom. The largest absolute Gasteiger partial charge is 0.451 e. The minimum atomic E-state index is -0.641. The van der Waals surface area contributed by atoms with Gasteiger partial charge < -0.3 is 9.73 Å². The molecule has 4 aromatic rings. The van der Waals surface area contributed by atoms with E-state index < -0.39 is 5.76 Å². The zero-order valence-corrected chi connectivity index (χ0v) is 14.2. The van der Waals surface area contributed by atoms with Gasteiger partial charge in [-0.2, -0.15) is 0 Å². The number of amides is 1. The van der Waals surface area contributed by atoms with Crippen LogP contribution in [0.25, 0.3) is 22.4 Å². The van der Waals surface area contributed by atoms with Crippen LogP contribution in [0.15, 0.2) is 66.7 Å². The fourth-order valence-corrected chi connectivity index (χ4v) is 2.80. The maximum absolute atomic E-state index is 12.4. The van der Waals surface area contributed by atoms with Gasteiger partial charge in [0.05, 0.1) is 0 Å². The number of halogens is 1. The SMILES string of the molecule is O=C(Nc1cccc(-c2noc(=O)[nH]2)c1)c1cc2cc(Br)ccc2o1. The number of aromatic amines is 1. The van der Waals surface area contributed by atoms with E-state index in [-0.39, 0.29) is 17.5 Å². The van der Waals surface area contributed by atoms with Crippen LogP contribution in [0.3, 0.4) is 0 Å². The van der Waals surface area contributed by atoms with E-state index in [2.05, 4.69) is 35.9 Å². The lowest BCUT2D eigenvalue weighted by molar-refractivity contribution is 0.0998. The Morgan fingerprint density at radius 1 is 1.16 bits per heavy atom. The molecule has 0 aliphatic carbocycles. The summed E-state index contributed by atoms with van der Waals surface area (Å²) in [5.74, 6) is -0.529. The van der Waals surface area contributed by atoms with Gasteiger partial charge in [0, 0.05) is 21.1 Å². The zero-order chi connectivity index (χ0) is 17.4. The van der Waals surface area contributed by atoms with E-state index in [1.54, 1.807) is 36.4 Å². The summed E-state index contributed by atoms with van der Waals surface area (Å²) in [5, 5.41) is 7.21. The number of fused-ring (bicyclic) bond motifs is 1. The lowest BCUT2D eigenvalue weighted by atomic mass is 10.2. The van der Waals surface area contributed by atoms with Crippen LogP contribution in [0.2, 0.25) is 0 Å². The summed E-state index contributed by atoms with van der Waals surface area (Å²) < 4.78 is 11.0. The molecule has 4 rings (SSSR count). The summed E-state index contributed by atoms with van der Waals surface area (Å²) in [6, 6.07) is 14.0. The molecule has 2 N–H and O–H groups in total. The van der Waals surface area contributed by atoms with Crippen molar-refractivity contribution in [1.82, 2.24) is 10.1 Å². The minimum absolute atomic E-state index is 0.202. The number of hydrogen-bond acceptors (Lipinski definition) is 5. The Kier molecular flexibility index (Phi) is 3.73. The first-order valence-corrected chi connectivity index (χ1v) is 8.05. The number of rotatable bonds is 3. The number of hydrogen-bond donors (Lipinski definition) is 2. The van der Waals surface area contributed by atoms with Gasteiger partial charge in [0.2, 0.25) is 0 Å². The average molecular weight is 400 g/mol. The van der Waals surface area contributed by atoms with Gasteiger partial charge in [-0.05, 0) is 36.4 Å². The molecular weight excluding hydrogens is 390 g/mol. The first-order chi connectivity index (χ1) is 12.1. The Bertz CT molecular complexity index is 1140. The van der Waals surface area contributed by atoms with Crippen molar-refractivity contribution in [3.63, 3.8) is 0 Å². The van der Waals surface area contributed by atoms with E-state index in [1.165, 1.54) is 0 Å². The lowest BCUT2D eigenvalue weighted by Crippen LogP contribution is -2.10. The van der Waals surface area contributed by atoms with Gasteiger partial charge in [0.25, 0.3) is 5.91 Å². The van der Waals surface area contributed by atoms with Gasteiger partial charge in [0.15, 0.2) is 11.6 Å². The molecule has 124 valence electrons. The van der Waals surface area contributed by atoms with Crippen molar-refractivity contribution >= 4 is 38.5 Å². The molecule has 0 aliphatic heterocycles. The third-order valence-corrected chi connectivity index (χ3v) is 4.03. The molecule has 25 heavy (non-hydrogen) atoms. The Hall–Kier alpha value is -3.13. The smallest absolute Gasteiger partial charge is 0.439 e. The molecule has 0 saturated heterocycles. The van der Waals surface area contributed by atoms with Crippen LogP contribution in [0.1, 0.15) is 10.6 Å².